The summed E-state index contributed by atoms with van der Waals surface area (Å²) in [6, 6.07) is 20.9. The van der Waals surface area contributed by atoms with E-state index in [9.17, 15) is 19.8 Å². The average Bonchev–Trinajstić information content (AvgIpc) is 2.90. The third-order valence-corrected chi connectivity index (χ3v) is 7.40. The molecule has 0 saturated heterocycles. The van der Waals surface area contributed by atoms with Gasteiger partial charge in [0, 0.05) is 4.90 Å². The number of aliphatic carboxylic acids is 1. The Kier molecular flexibility index (Phi) is 11.8. The Bertz CT molecular complexity index is 1130. The van der Waals surface area contributed by atoms with Gasteiger partial charge in [-0.2, -0.15) is 0 Å². The minimum atomic E-state index is -1.12. The fourth-order valence-corrected chi connectivity index (χ4v) is 4.73. The number of hydrogen-bond donors (Lipinski definition) is 2. The van der Waals surface area contributed by atoms with Crippen LogP contribution in [-0.4, -0.2) is 42.5 Å². The Morgan fingerprint density at radius 3 is 1.81 bits per heavy atom. The Morgan fingerprint density at radius 2 is 1.38 bits per heavy atom. The number of carbonyl (C=O) groups excluding carboxylic acids is 1. The lowest BCUT2D eigenvalue weighted by Gasteiger charge is -2.25. The van der Waals surface area contributed by atoms with Crippen molar-refractivity contribution in [3.05, 3.63) is 83.9 Å². The number of thioether (sulfide) groups is 1. The highest BCUT2D eigenvalue weighted by Crippen LogP contribution is 2.42. The Morgan fingerprint density at radius 1 is 0.892 bits per heavy atom. The van der Waals surface area contributed by atoms with Gasteiger partial charge in [-0.25, -0.2) is 0 Å². The summed E-state index contributed by atoms with van der Waals surface area (Å²) in [7, 11) is 1.37. The smallest absolute Gasteiger partial charge is 0.324 e. The van der Waals surface area contributed by atoms with Gasteiger partial charge in [-0.05, 0) is 80.4 Å². The Hall–Kier alpha value is -3.17. The Labute approximate surface area is 229 Å². The molecular formula is C28H31BrO7S. The minimum absolute atomic E-state index is 0.155. The first-order valence-corrected chi connectivity index (χ1v) is 13.3. The summed E-state index contributed by atoms with van der Waals surface area (Å²) in [6.45, 7) is 6.69. The van der Waals surface area contributed by atoms with Gasteiger partial charge in [0.1, 0.15) is 26.8 Å². The number of phenols is 1. The second-order valence-electron chi connectivity index (χ2n) is 7.78. The van der Waals surface area contributed by atoms with Gasteiger partial charge in [-0.1, -0.05) is 40.2 Å². The molecule has 0 saturated carbocycles. The van der Waals surface area contributed by atoms with E-state index in [0.717, 1.165) is 16.2 Å². The van der Waals surface area contributed by atoms with Gasteiger partial charge in [-0.15, -0.1) is 11.8 Å². The highest BCUT2D eigenvalue weighted by atomic mass is 79.9. The van der Waals surface area contributed by atoms with Crippen molar-refractivity contribution in [1.82, 2.24) is 0 Å². The molecule has 2 atom stereocenters. The van der Waals surface area contributed by atoms with Crippen molar-refractivity contribution in [1.29, 1.82) is 0 Å². The van der Waals surface area contributed by atoms with Crippen molar-refractivity contribution in [2.24, 2.45) is 0 Å². The molecule has 0 fully saturated rings. The molecule has 7 nitrogen and oxygen atoms in total. The first-order valence-electron chi connectivity index (χ1n) is 11.5. The molecule has 0 spiro atoms. The van der Waals surface area contributed by atoms with Gasteiger partial charge >= 0.3 is 11.9 Å². The van der Waals surface area contributed by atoms with E-state index in [1.807, 2.05) is 38.1 Å². The fraction of sp³-hybridized carbons (Fsp3) is 0.286. The number of aromatic hydroxyl groups is 1. The van der Waals surface area contributed by atoms with E-state index >= 15 is 0 Å². The molecule has 0 radical (unpaired) electrons. The van der Waals surface area contributed by atoms with Gasteiger partial charge in [0.05, 0.1) is 20.3 Å². The van der Waals surface area contributed by atoms with Crippen molar-refractivity contribution >= 4 is 39.6 Å². The maximum Gasteiger partial charge on any atom is 0.324 e. The first kappa shape index (κ1) is 30.1. The molecule has 0 aromatic heterocycles. The number of halogens is 1. The van der Waals surface area contributed by atoms with Crippen LogP contribution >= 0.6 is 27.7 Å². The number of hydrogen-bond acceptors (Lipinski definition) is 7. The number of benzene rings is 3. The highest BCUT2D eigenvalue weighted by molar-refractivity contribution is 9.09. The highest BCUT2D eigenvalue weighted by Gasteiger charge is 2.36. The third kappa shape index (κ3) is 8.72. The lowest BCUT2D eigenvalue weighted by atomic mass is 10.0. The quantitative estimate of drug-likeness (QED) is 0.155. The molecule has 0 aliphatic carbocycles. The van der Waals surface area contributed by atoms with Gasteiger partial charge < -0.3 is 24.4 Å². The monoisotopic (exact) mass is 590 g/mol. The third-order valence-electron chi connectivity index (χ3n) is 5.17. The molecule has 0 heterocycles. The summed E-state index contributed by atoms with van der Waals surface area (Å²) < 4.78 is 14.2. The molecule has 0 aliphatic rings. The zero-order valence-electron chi connectivity index (χ0n) is 21.1. The van der Waals surface area contributed by atoms with Crippen LogP contribution in [0.2, 0.25) is 0 Å². The van der Waals surface area contributed by atoms with Crippen LogP contribution in [0.15, 0.2) is 77.7 Å². The molecule has 198 valence electrons. The summed E-state index contributed by atoms with van der Waals surface area (Å²) in [4.78, 5) is 23.4. The van der Waals surface area contributed by atoms with E-state index in [1.165, 1.54) is 18.9 Å². The van der Waals surface area contributed by atoms with Crippen LogP contribution < -0.4 is 9.47 Å². The van der Waals surface area contributed by atoms with Crippen LogP contribution in [0.1, 0.15) is 36.7 Å². The predicted octanol–water partition coefficient (Wildman–Crippen LogP) is 6.58. The van der Waals surface area contributed by atoms with E-state index < -0.39 is 15.5 Å². The average molecular weight is 592 g/mol. The predicted molar refractivity (Wildman–Crippen MR) is 148 cm³/mol. The van der Waals surface area contributed by atoms with E-state index in [-0.39, 0.29) is 11.7 Å². The number of esters is 1. The maximum absolute atomic E-state index is 11.8. The SMILES string of the molecule is CCOc1ccc(C(Br)C(=O)OC)cc1.CCOc1ccc(C(C)(Sc2ccc(O)cc2)C(=O)O)cc1. The largest absolute Gasteiger partial charge is 0.508 e. The molecule has 2 N–H and O–H groups in total. The standard InChI is InChI=1S/C17H18O4S.C11H13BrO3/c1-3-21-14-8-4-12(5-9-14)17(2,16(19)20)22-15-10-6-13(18)7-11-15;1-3-15-9-6-4-8(5-7-9)10(12)11(13)14-2/h4-11,18H,3H2,1-2H3,(H,19,20);4-7,10H,3H2,1-2H3. The zero-order valence-corrected chi connectivity index (χ0v) is 23.5. The molecule has 0 bridgehead atoms. The van der Waals surface area contributed by atoms with Crippen LogP contribution in [0.5, 0.6) is 17.2 Å². The number of alkyl halides is 1. The zero-order chi connectivity index (χ0) is 27.4. The van der Waals surface area contributed by atoms with E-state index in [4.69, 9.17) is 9.47 Å². The Balaban J connectivity index is 0.000000281. The lowest BCUT2D eigenvalue weighted by molar-refractivity contribution is -0.140. The summed E-state index contributed by atoms with van der Waals surface area (Å²) >= 11 is 4.49. The van der Waals surface area contributed by atoms with Crippen molar-refractivity contribution in [3.63, 3.8) is 0 Å². The van der Waals surface area contributed by atoms with Crippen molar-refractivity contribution in [2.45, 2.75) is 35.2 Å². The topological polar surface area (TPSA) is 102 Å². The van der Waals surface area contributed by atoms with Crippen molar-refractivity contribution < 1.29 is 34.0 Å². The van der Waals surface area contributed by atoms with Crippen molar-refractivity contribution in [3.8, 4) is 17.2 Å². The number of carboxylic acid groups (broad SMARTS) is 1. The molecule has 9 heteroatoms. The molecule has 0 amide bonds. The second kappa shape index (κ2) is 14.5. The molecule has 37 heavy (non-hydrogen) atoms. The molecule has 2 unspecified atom stereocenters. The van der Waals surface area contributed by atoms with Gasteiger partial charge in [0.15, 0.2) is 0 Å². The first-order chi connectivity index (χ1) is 17.6. The molecule has 3 aromatic carbocycles. The lowest BCUT2D eigenvalue weighted by Crippen LogP contribution is -2.28. The second-order valence-corrected chi connectivity index (χ2v) is 10.2. The summed E-state index contributed by atoms with van der Waals surface area (Å²) in [5.41, 5.74) is 1.53. The number of carboxylic acids is 1. The normalized spacial score (nSPS) is 12.8. The van der Waals surface area contributed by atoms with Crippen molar-refractivity contribution in [2.75, 3.05) is 20.3 Å². The number of rotatable bonds is 10. The van der Waals surface area contributed by atoms with Crippen LogP contribution in [-0.2, 0) is 19.1 Å². The number of ether oxygens (including phenoxy) is 3. The van der Waals surface area contributed by atoms with E-state index in [2.05, 4.69) is 20.7 Å². The van der Waals surface area contributed by atoms with Crippen LogP contribution in [0.25, 0.3) is 0 Å². The van der Waals surface area contributed by atoms with Gasteiger partial charge in [0.2, 0.25) is 0 Å². The number of carbonyl (C=O) groups is 2. The van der Waals surface area contributed by atoms with Crippen LogP contribution in [0.3, 0.4) is 0 Å². The fourth-order valence-electron chi connectivity index (χ4n) is 3.15. The van der Waals surface area contributed by atoms with E-state index in [1.54, 1.807) is 55.5 Å². The molecular weight excluding hydrogens is 560 g/mol. The van der Waals surface area contributed by atoms with Crippen LogP contribution in [0.4, 0.5) is 0 Å². The van der Waals surface area contributed by atoms with Gasteiger partial charge in [-0.3, -0.25) is 9.59 Å². The van der Waals surface area contributed by atoms with Gasteiger partial charge in [0.25, 0.3) is 0 Å². The maximum atomic E-state index is 11.8. The molecule has 0 aliphatic heterocycles. The summed E-state index contributed by atoms with van der Waals surface area (Å²) in [5.74, 6) is 0.441. The van der Waals surface area contributed by atoms with E-state index in [0.29, 0.717) is 24.5 Å². The summed E-state index contributed by atoms with van der Waals surface area (Å²) in [6.07, 6.45) is 0. The minimum Gasteiger partial charge on any atom is -0.508 e. The van der Waals surface area contributed by atoms with Crippen LogP contribution in [0, 0.1) is 0 Å². The molecule has 3 aromatic rings. The molecule has 3 rings (SSSR count). The number of methoxy groups -OCH3 is 1. The number of phenolic OH excluding ortho intramolecular Hbond substituents is 1. The summed E-state index contributed by atoms with van der Waals surface area (Å²) in [5, 5.41) is 19.0.